The molecule has 0 amide bonds. The summed E-state index contributed by atoms with van der Waals surface area (Å²) in [7, 11) is 1.62. The van der Waals surface area contributed by atoms with Gasteiger partial charge in [0.15, 0.2) is 5.58 Å². The zero-order valence-electron chi connectivity index (χ0n) is 10.0. The zero-order chi connectivity index (χ0) is 13.6. The Balaban J connectivity index is 2.28. The van der Waals surface area contributed by atoms with E-state index >= 15 is 0 Å². The molecule has 1 aromatic carbocycles. The molecular formula is C12H10N4O3. The van der Waals surface area contributed by atoms with E-state index in [2.05, 4.69) is 5.10 Å². The Bertz CT molecular complexity index is 840. The van der Waals surface area contributed by atoms with E-state index in [0.717, 1.165) is 4.57 Å². The smallest absolute Gasteiger partial charge is 0.407 e. The lowest BCUT2D eigenvalue weighted by Gasteiger charge is -2.01. The van der Waals surface area contributed by atoms with Crippen LogP contribution >= 0.6 is 0 Å². The molecule has 2 aromatic heterocycles. The molecule has 96 valence electrons. The van der Waals surface area contributed by atoms with E-state index in [1.54, 1.807) is 19.2 Å². The lowest BCUT2D eigenvalue weighted by atomic mass is 10.3. The van der Waals surface area contributed by atoms with E-state index in [4.69, 9.17) is 10.2 Å². The predicted molar refractivity (Wildman–Crippen MR) is 67.8 cm³/mol. The fraction of sp³-hybridized carbons (Fsp3) is 0.0833. The number of aromatic nitrogens is 3. The maximum absolute atomic E-state index is 12.3. The molecule has 19 heavy (non-hydrogen) atoms. The minimum Gasteiger partial charge on any atom is -0.407 e. The Kier molecular flexibility index (Phi) is 2.28. The molecule has 2 heterocycles. The monoisotopic (exact) mass is 258 g/mol. The second-order valence-electron chi connectivity index (χ2n) is 4.08. The highest BCUT2D eigenvalue weighted by Gasteiger charge is 2.20. The molecule has 0 spiro atoms. The Morgan fingerprint density at radius 1 is 1.37 bits per heavy atom. The van der Waals surface area contributed by atoms with Crippen molar-refractivity contribution in [2.45, 2.75) is 0 Å². The van der Waals surface area contributed by atoms with Crippen molar-refractivity contribution in [3.8, 4) is 0 Å². The molecule has 0 aliphatic heterocycles. The first-order chi connectivity index (χ1) is 9.08. The molecular weight excluding hydrogens is 248 g/mol. The lowest BCUT2D eigenvalue weighted by molar-refractivity contribution is 0.0947. The number of oxazole rings is 1. The molecule has 0 bridgehead atoms. The summed E-state index contributed by atoms with van der Waals surface area (Å²) in [6.07, 6.45) is 1.48. The Labute approximate surface area is 106 Å². The summed E-state index contributed by atoms with van der Waals surface area (Å²) in [5.74, 6) is -1.25. The molecule has 2 N–H and O–H groups in total. The normalized spacial score (nSPS) is 11.0. The fourth-order valence-corrected chi connectivity index (χ4v) is 1.92. The molecule has 0 atom stereocenters. The van der Waals surface area contributed by atoms with Crippen LogP contribution in [-0.4, -0.2) is 20.3 Å². The van der Waals surface area contributed by atoms with E-state index in [1.807, 2.05) is 0 Å². The van der Waals surface area contributed by atoms with Gasteiger partial charge >= 0.3 is 5.76 Å². The molecule has 0 unspecified atom stereocenters. The second kappa shape index (κ2) is 3.84. The van der Waals surface area contributed by atoms with Crippen LogP contribution < -0.4 is 11.5 Å². The molecule has 3 aromatic rings. The summed E-state index contributed by atoms with van der Waals surface area (Å²) in [4.78, 5) is 24.1. The van der Waals surface area contributed by atoms with Gasteiger partial charge < -0.3 is 10.2 Å². The zero-order valence-corrected chi connectivity index (χ0v) is 10.0. The largest absolute Gasteiger partial charge is 0.427 e. The Hall–Kier alpha value is -2.83. The Morgan fingerprint density at radius 2 is 2.16 bits per heavy atom. The van der Waals surface area contributed by atoms with Gasteiger partial charge in [-0.05, 0) is 24.3 Å². The van der Waals surface area contributed by atoms with Gasteiger partial charge in [0.2, 0.25) is 0 Å². The standard InChI is InChI=1S/C12H10N4O3/c1-15-8(4-5-14-15)11(17)16-9-6-7(13)2-3-10(9)19-12(16)18/h2-6H,13H2,1H3. The van der Waals surface area contributed by atoms with Crippen LogP contribution in [0.2, 0.25) is 0 Å². The van der Waals surface area contributed by atoms with Crippen molar-refractivity contribution in [3.63, 3.8) is 0 Å². The van der Waals surface area contributed by atoms with Crippen molar-refractivity contribution in [1.29, 1.82) is 0 Å². The number of anilines is 1. The van der Waals surface area contributed by atoms with Crippen LogP contribution in [0.5, 0.6) is 0 Å². The van der Waals surface area contributed by atoms with E-state index in [9.17, 15) is 9.59 Å². The van der Waals surface area contributed by atoms with Crippen molar-refractivity contribution < 1.29 is 9.21 Å². The van der Waals surface area contributed by atoms with Crippen LogP contribution in [0.15, 0.2) is 39.7 Å². The van der Waals surface area contributed by atoms with Gasteiger partial charge in [-0.3, -0.25) is 9.48 Å². The highest BCUT2D eigenvalue weighted by atomic mass is 16.4. The van der Waals surface area contributed by atoms with Gasteiger partial charge in [-0.2, -0.15) is 5.10 Å². The average molecular weight is 258 g/mol. The molecule has 0 radical (unpaired) electrons. The van der Waals surface area contributed by atoms with Crippen molar-refractivity contribution in [2.75, 3.05) is 5.73 Å². The summed E-state index contributed by atoms with van der Waals surface area (Å²) in [6.45, 7) is 0. The third kappa shape index (κ3) is 1.63. The molecule has 7 heteroatoms. The number of nitrogens with zero attached hydrogens (tertiary/aromatic N) is 3. The number of hydrogen-bond donors (Lipinski definition) is 1. The molecule has 0 aliphatic carbocycles. The number of benzene rings is 1. The molecule has 3 rings (SSSR count). The summed E-state index contributed by atoms with van der Waals surface area (Å²) >= 11 is 0. The van der Waals surface area contributed by atoms with E-state index in [1.165, 1.54) is 23.0 Å². The van der Waals surface area contributed by atoms with Gasteiger partial charge in [0.25, 0.3) is 5.91 Å². The number of fused-ring (bicyclic) bond motifs is 1. The first kappa shape index (κ1) is 11.3. The number of carbonyl (C=O) groups is 1. The minimum atomic E-state index is -0.744. The van der Waals surface area contributed by atoms with Gasteiger partial charge in [0.05, 0.1) is 0 Å². The van der Waals surface area contributed by atoms with Crippen molar-refractivity contribution >= 4 is 22.7 Å². The summed E-state index contributed by atoms with van der Waals surface area (Å²) < 4.78 is 7.35. The lowest BCUT2D eigenvalue weighted by Crippen LogP contribution is -2.25. The number of rotatable bonds is 1. The van der Waals surface area contributed by atoms with Gasteiger partial charge in [0.1, 0.15) is 11.2 Å². The highest BCUT2D eigenvalue weighted by molar-refractivity contribution is 5.99. The Morgan fingerprint density at radius 3 is 2.84 bits per heavy atom. The molecule has 0 aliphatic rings. The average Bonchev–Trinajstić information content (AvgIpc) is 2.91. The number of aryl methyl sites for hydroxylation is 1. The van der Waals surface area contributed by atoms with Crippen molar-refractivity contribution in [1.82, 2.24) is 14.3 Å². The molecule has 0 saturated carbocycles. The van der Waals surface area contributed by atoms with Crippen LogP contribution in [0.3, 0.4) is 0 Å². The van der Waals surface area contributed by atoms with Crippen LogP contribution in [0, 0.1) is 0 Å². The molecule has 0 saturated heterocycles. The van der Waals surface area contributed by atoms with Gasteiger partial charge in [-0.15, -0.1) is 0 Å². The second-order valence-corrected chi connectivity index (χ2v) is 4.08. The van der Waals surface area contributed by atoms with Crippen LogP contribution in [-0.2, 0) is 7.05 Å². The van der Waals surface area contributed by atoms with Crippen molar-refractivity contribution in [3.05, 3.63) is 46.7 Å². The number of nitrogens with two attached hydrogens (primary N) is 1. The van der Waals surface area contributed by atoms with E-state index in [-0.39, 0.29) is 5.69 Å². The quantitative estimate of drug-likeness (QED) is 0.645. The van der Waals surface area contributed by atoms with Crippen molar-refractivity contribution in [2.24, 2.45) is 7.05 Å². The maximum atomic E-state index is 12.3. The van der Waals surface area contributed by atoms with Gasteiger partial charge in [0, 0.05) is 18.9 Å². The highest BCUT2D eigenvalue weighted by Crippen LogP contribution is 2.17. The van der Waals surface area contributed by atoms with Crippen LogP contribution in [0.1, 0.15) is 10.5 Å². The number of hydrogen-bond acceptors (Lipinski definition) is 5. The topological polar surface area (TPSA) is 96.0 Å². The predicted octanol–water partition coefficient (Wildman–Crippen LogP) is 0.599. The van der Waals surface area contributed by atoms with E-state index in [0.29, 0.717) is 16.8 Å². The third-order valence-corrected chi connectivity index (χ3v) is 2.85. The van der Waals surface area contributed by atoms with Gasteiger partial charge in [-0.1, -0.05) is 0 Å². The minimum absolute atomic E-state index is 0.284. The van der Waals surface area contributed by atoms with Crippen LogP contribution in [0.25, 0.3) is 11.1 Å². The van der Waals surface area contributed by atoms with Crippen LogP contribution in [0.4, 0.5) is 5.69 Å². The summed E-state index contributed by atoms with van der Waals surface area (Å²) in [6, 6.07) is 6.21. The summed E-state index contributed by atoms with van der Waals surface area (Å²) in [5.41, 5.74) is 7.05. The number of carbonyl (C=O) groups excluding carboxylic acids is 1. The number of nitrogen functional groups attached to an aromatic ring is 1. The SMILES string of the molecule is Cn1nccc1C(=O)n1c(=O)oc2ccc(N)cc21. The first-order valence-corrected chi connectivity index (χ1v) is 5.52. The first-order valence-electron chi connectivity index (χ1n) is 5.52. The van der Waals surface area contributed by atoms with Gasteiger partial charge in [-0.25, -0.2) is 9.36 Å². The molecule has 0 fully saturated rings. The summed E-state index contributed by atoms with van der Waals surface area (Å²) in [5, 5.41) is 3.90. The third-order valence-electron chi connectivity index (χ3n) is 2.85. The molecule has 7 nitrogen and oxygen atoms in total. The van der Waals surface area contributed by atoms with E-state index < -0.39 is 11.7 Å². The fourth-order valence-electron chi connectivity index (χ4n) is 1.92. The maximum Gasteiger partial charge on any atom is 0.427 e.